The van der Waals surface area contributed by atoms with Crippen LogP contribution in [0, 0.1) is 0 Å². The number of sulfonamides is 1. The minimum atomic E-state index is -3.77. The van der Waals surface area contributed by atoms with Gasteiger partial charge in [0.05, 0.1) is 23.7 Å². The Morgan fingerprint density at radius 2 is 1.85 bits per heavy atom. The molecule has 1 fully saturated rings. The summed E-state index contributed by atoms with van der Waals surface area (Å²) in [6, 6.07) is 13.9. The molecule has 3 N–H and O–H groups in total. The van der Waals surface area contributed by atoms with E-state index in [-0.39, 0.29) is 29.1 Å². The summed E-state index contributed by atoms with van der Waals surface area (Å²) < 4.78 is 36.9. The van der Waals surface area contributed by atoms with E-state index in [0.29, 0.717) is 36.6 Å². The number of nitrogens with zero attached hydrogens (tertiary/aromatic N) is 3. The van der Waals surface area contributed by atoms with Gasteiger partial charge in [0.15, 0.2) is 6.54 Å². The molecule has 2 heterocycles. The highest BCUT2D eigenvalue weighted by atomic mass is 32.2. The summed E-state index contributed by atoms with van der Waals surface area (Å²) in [4.78, 5) is 21.5. The summed E-state index contributed by atoms with van der Waals surface area (Å²) in [7, 11) is -3.77. The minimum absolute atomic E-state index is 0.119. The van der Waals surface area contributed by atoms with Crippen LogP contribution in [0.25, 0.3) is 11.3 Å². The van der Waals surface area contributed by atoms with E-state index in [0.717, 1.165) is 49.6 Å². The lowest BCUT2D eigenvalue weighted by molar-refractivity contribution is -0.117. The molecule has 210 valence electrons. The van der Waals surface area contributed by atoms with Crippen molar-refractivity contribution >= 4 is 38.1 Å². The Labute approximate surface area is 236 Å². The average Bonchev–Trinajstić information content (AvgIpc) is 3.45. The Kier molecular flexibility index (Phi) is 9.95. The summed E-state index contributed by atoms with van der Waals surface area (Å²) in [5, 5.41) is 11.9. The molecule has 3 aromatic rings. The fraction of sp³-hybridized carbons (Fsp3) is 0.429. The molecule has 39 heavy (non-hydrogen) atoms. The van der Waals surface area contributed by atoms with E-state index in [2.05, 4.69) is 21.5 Å². The third kappa shape index (κ3) is 8.58. The first kappa shape index (κ1) is 27.7. The highest BCUT2D eigenvalue weighted by molar-refractivity contribution is 7.92. The van der Waals surface area contributed by atoms with Gasteiger partial charge >= 0.3 is 0 Å². The maximum absolute atomic E-state index is 13.0. The van der Waals surface area contributed by atoms with E-state index in [4.69, 9.17) is 6.52 Å². The van der Waals surface area contributed by atoms with Gasteiger partial charge in [0.1, 0.15) is 0 Å². The van der Waals surface area contributed by atoms with E-state index in [1.807, 2.05) is 23.1 Å². The molecule has 0 aliphatic carbocycles. The lowest BCUT2D eigenvalue weighted by Gasteiger charge is -2.33. The average molecular weight is 573 g/mol. The predicted octanol–water partition coefficient (Wildman–Crippen LogP) is 3.89. The molecule has 0 bridgehead atoms. The van der Waals surface area contributed by atoms with Gasteiger partial charge in [0.2, 0.25) is 5.91 Å². The first-order chi connectivity index (χ1) is 19.3. The van der Waals surface area contributed by atoms with Crippen molar-refractivity contribution in [2.45, 2.75) is 37.5 Å². The number of aryl methyl sites for hydroxylation is 1. The van der Waals surface area contributed by atoms with Crippen LogP contribution in [0.15, 0.2) is 58.8 Å². The van der Waals surface area contributed by atoms with Gasteiger partial charge in [0.25, 0.3) is 10.0 Å². The van der Waals surface area contributed by atoms with Crippen molar-refractivity contribution in [2.75, 3.05) is 55.9 Å². The second kappa shape index (κ2) is 14.0. The largest absolute Gasteiger partial charge is 0.395 e. The first-order valence-corrected chi connectivity index (χ1v) is 15.7. The van der Waals surface area contributed by atoms with E-state index in [1.54, 1.807) is 35.7 Å². The molecule has 0 atom stereocenters. The molecule has 0 saturated carbocycles. The van der Waals surface area contributed by atoms with Gasteiger partial charge in [0, 0.05) is 49.4 Å². The lowest BCUT2D eigenvalue weighted by atomic mass is 10.1. The van der Waals surface area contributed by atoms with Crippen LogP contribution in [0.3, 0.4) is 0 Å². The Balaban J connectivity index is 1.37. The number of β-amino-alcohol motifs (C(OH)–C–C–N with tert-alkyl or cyclic N) is 1. The van der Waals surface area contributed by atoms with Crippen molar-refractivity contribution in [1.82, 2.24) is 14.8 Å². The molecule has 9 nitrogen and oxygen atoms in total. The lowest BCUT2D eigenvalue weighted by Crippen LogP contribution is -2.49. The topological polar surface area (TPSA) is 115 Å². The highest BCUT2D eigenvalue weighted by Gasteiger charge is 2.19. The van der Waals surface area contributed by atoms with Gasteiger partial charge in [-0.1, -0.05) is 44.0 Å². The van der Waals surface area contributed by atoms with E-state index in [1.165, 1.54) is 11.3 Å². The van der Waals surface area contributed by atoms with Crippen LogP contribution < -0.4 is 10.0 Å². The van der Waals surface area contributed by atoms with Crippen LogP contribution in [-0.2, 0) is 21.2 Å². The van der Waals surface area contributed by atoms with Crippen molar-refractivity contribution in [3.05, 3.63) is 59.5 Å². The Morgan fingerprint density at radius 3 is 2.56 bits per heavy atom. The number of aromatic nitrogens is 1. The number of piperazine rings is 1. The second-order valence-electron chi connectivity index (χ2n) is 9.65. The molecule has 2 aromatic carbocycles. The molecule has 4 rings (SSSR count). The van der Waals surface area contributed by atoms with E-state index >= 15 is 0 Å². The van der Waals surface area contributed by atoms with Gasteiger partial charge in [-0.05, 0) is 42.7 Å². The zero-order valence-electron chi connectivity index (χ0n) is 23.3. The SMILES string of the molecule is [2H]N(C(=O)CN1CCN(CCO)CC1)c1nc(-c2cccc(NS(=O)(=O)c3ccc(CCCCC)cc3)c2)cs1. The Bertz CT molecular complexity index is 1360. The van der Waals surface area contributed by atoms with Crippen LogP contribution in [-0.4, -0.2) is 80.1 Å². The van der Waals surface area contributed by atoms with Crippen LogP contribution in [0.4, 0.5) is 10.8 Å². The number of aliphatic hydroxyl groups is 1. The number of unbranched alkanes of at least 4 members (excludes halogenated alkanes) is 2. The third-order valence-electron chi connectivity index (χ3n) is 6.67. The molecule has 0 spiro atoms. The molecular weight excluding hydrogens is 534 g/mol. The number of hydrogen-bond donors (Lipinski definition) is 3. The molecule has 0 radical (unpaired) electrons. The Hall–Kier alpha value is -2.83. The molecule has 1 saturated heterocycles. The number of rotatable bonds is 13. The van der Waals surface area contributed by atoms with Crippen molar-refractivity contribution in [3.63, 3.8) is 0 Å². The van der Waals surface area contributed by atoms with E-state index in [9.17, 15) is 13.2 Å². The van der Waals surface area contributed by atoms with Gasteiger partial charge in [-0.25, -0.2) is 13.4 Å². The zero-order valence-corrected chi connectivity index (χ0v) is 23.9. The number of nitrogens with one attached hydrogen (secondary N) is 2. The zero-order chi connectivity index (χ0) is 28.5. The minimum Gasteiger partial charge on any atom is -0.395 e. The first-order valence-electron chi connectivity index (χ1n) is 13.8. The van der Waals surface area contributed by atoms with Crippen molar-refractivity contribution in [3.8, 4) is 11.3 Å². The van der Waals surface area contributed by atoms with Crippen molar-refractivity contribution in [2.24, 2.45) is 0 Å². The number of anilines is 2. The van der Waals surface area contributed by atoms with Crippen LogP contribution in [0.2, 0.25) is 1.41 Å². The van der Waals surface area contributed by atoms with Gasteiger partial charge in [-0.2, -0.15) is 0 Å². The number of aliphatic hydroxyl groups excluding tert-OH is 1. The summed E-state index contributed by atoms with van der Waals surface area (Å²) in [5.41, 5.74) is 2.75. The number of hydrogen-bond acceptors (Lipinski definition) is 8. The number of thiazole rings is 1. The molecule has 1 amide bonds. The van der Waals surface area contributed by atoms with Crippen LogP contribution in [0.5, 0.6) is 0 Å². The monoisotopic (exact) mass is 572 g/mol. The smallest absolute Gasteiger partial charge is 0.261 e. The maximum Gasteiger partial charge on any atom is 0.261 e. The number of amides is 1. The Morgan fingerprint density at radius 1 is 1.10 bits per heavy atom. The van der Waals surface area contributed by atoms with E-state index < -0.39 is 10.0 Å². The summed E-state index contributed by atoms with van der Waals surface area (Å²) >= 11 is 1.19. The maximum atomic E-state index is 13.0. The quantitative estimate of drug-likeness (QED) is 0.266. The predicted molar refractivity (Wildman–Crippen MR) is 157 cm³/mol. The van der Waals surface area contributed by atoms with Crippen LogP contribution in [0.1, 0.15) is 31.7 Å². The molecule has 11 heteroatoms. The summed E-state index contributed by atoms with van der Waals surface area (Å²) in [6.45, 7) is 5.98. The van der Waals surface area contributed by atoms with Gasteiger partial charge < -0.3 is 10.4 Å². The number of carbonyl (C=O) groups is 1. The summed E-state index contributed by atoms with van der Waals surface area (Å²) in [5.74, 6) is -0.366. The highest BCUT2D eigenvalue weighted by Crippen LogP contribution is 2.28. The number of carbonyl (C=O) groups excluding carboxylic acids is 1. The molecular formula is C28H37N5O4S2. The van der Waals surface area contributed by atoms with Crippen molar-refractivity contribution < 1.29 is 19.7 Å². The fourth-order valence-corrected chi connectivity index (χ4v) is 6.23. The third-order valence-corrected chi connectivity index (χ3v) is 8.80. The second-order valence-corrected chi connectivity index (χ2v) is 12.2. The normalized spacial score (nSPS) is 15.2. The fourth-order valence-electron chi connectivity index (χ4n) is 4.46. The van der Waals surface area contributed by atoms with Gasteiger partial charge in [-0.15, -0.1) is 11.3 Å². The van der Waals surface area contributed by atoms with Crippen molar-refractivity contribution in [1.29, 1.82) is 0 Å². The standard InChI is InChI=1S/C28H37N5O4S2/c1-2-3-4-6-22-9-11-25(12-10-22)39(36,37)31-24-8-5-7-23(19-24)26-21-38-28(29-26)30-27(35)20-33-15-13-32(14-16-33)17-18-34/h5,7-12,19,21,31,34H,2-4,6,13-18,20H2,1H3,(H,29,30,35)/i/hD. The number of benzene rings is 2. The molecule has 1 aromatic heterocycles. The molecule has 1 aliphatic rings. The molecule has 0 unspecified atom stereocenters. The van der Waals surface area contributed by atoms with Gasteiger partial charge in [-0.3, -0.25) is 19.3 Å². The molecule has 1 aliphatic heterocycles. The summed E-state index contributed by atoms with van der Waals surface area (Å²) in [6.07, 6.45) is 4.31. The van der Waals surface area contributed by atoms with Crippen LogP contribution >= 0.6 is 11.3 Å².